The maximum absolute atomic E-state index is 13.1. The number of esters is 1. The smallest absolute Gasteiger partial charge is 0.309 e. The van der Waals surface area contributed by atoms with Crippen molar-refractivity contribution in [2.45, 2.75) is 20.3 Å². The molecule has 0 fully saturated rings. The molecule has 0 atom stereocenters. The molecule has 0 radical (unpaired) electrons. The fraction of sp³-hybridized carbons (Fsp3) is 0.308. The number of carbonyl (C=O) groups is 1. The Balaban J connectivity index is 2.74. The highest BCUT2D eigenvalue weighted by atomic mass is 19.1. The summed E-state index contributed by atoms with van der Waals surface area (Å²) >= 11 is 0. The highest BCUT2D eigenvalue weighted by Gasteiger charge is 2.03. The molecule has 0 saturated carbocycles. The van der Waals surface area contributed by atoms with Gasteiger partial charge in [0.2, 0.25) is 0 Å². The van der Waals surface area contributed by atoms with E-state index in [0.29, 0.717) is 23.4 Å². The number of halogens is 1. The van der Waals surface area contributed by atoms with Crippen molar-refractivity contribution >= 4 is 17.7 Å². The molecule has 0 unspecified atom stereocenters. The Labute approximate surface area is 100 Å². The number of ether oxygens (including phenoxy) is 1. The van der Waals surface area contributed by atoms with Crippen LogP contribution < -0.4 is 5.73 Å². The van der Waals surface area contributed by atoms with Gasteiger partial charge in [-0.1, -0.05) is 12.2 Å². The van der Waals surface area contributed by atoms with Gasteiger partial charge in [-0.15, -0.1) is 0 Å². The zero-order valence-corrected chi connectivity index (χ0v) is 10.00. The Hall–Kier alpha value is -1.84. The van der Waals surface area contributed by atoms with Gasteiger partial charge in [0.25, 0.3) is 0 Å². The number of hydrogen-bond acceptors (Lipinski definition) is 3. The summed E-state index contributed by atoms with van der Waals surface area (Å²) in [6.45, 7) is 3.84. The van der Waals surface area contributed by atoms with Crippen LogP contribution in [-0.4, -0.2) is 12.6 Å². The molecule has 0 saturated heterocycles. The Morgan fingerprint density at radius 2 is 2.24 bits per heavy atom. The molecule has 0 bridgehead atoms. The molecule has 0 aromatic heterocycles. The average molecular weight is 237 g/mol. The molecule has 4 heteroatoms. The van der Waals surface area contributed by atoms with E-state index < -0.39 is 0 Å². The summed E-state index contributed by atoms with van der Waals surface area (Å²) < 4.78 is 17.9. The van der Waals surface area contributed by atoms with Crippen LogP contribution in [-0.2, 0) is 9.53 Å². The highest BCUT2D eigenvalue weighted by Crippen LogP contribution is 2.20. The van der Waals surface area contributed by atoms with Gasteiger partial charge >= 0.3 is 5.97 Å². The van der Waals surface area contributed by atoms with Crippen LogP contribution in [0.1, 0.15) is 24.5 Å². The molecule has 0 spiro atoms. The Morgan fingerprint density at radius 3 is 2.88 bits per heavy atom. The topological polar surface area (TPSA) is 52.3 Å². The minimum absolute atomic E-state index is 0.156. The first-order valence-corrected chi connectivity index (χ1v) is 5.42. The van der Waals surface area contributed by atoms with Crippen LogP contribution in [0.25, 0.3) is 6.08 Å². The molecule has 0 aliphatic rings. The molecule has 3 nitrogen and oxygen atoms in total. The van der Waals surface area contributed by atoms with Crippen molar-refractivity contribution in [2.75, 3.05) is 12.3 Å². The largest absolute Gasteiger partial charge is 0.466 e. The van der Waals surface area contributed by atoms with Gasteiger partial charge < -0.3 is 10.5 Å². The van der Waals surface area contributed by atoms with E-state index in [2.05, 4.69) is 0 Å². The molecule has 1 aromatic carbocycles. The molecule has 0 heterocycles. The van der Waals surface area contributed by atoms with E-state index in [0.717, 1.165) is 0 Å². The van der Waals surface area contributed by atoms with Gasteiger partial charge in [0.05, 0.1) is 13.0 Å². The SMILES string of the molecule is CCOC(=O)CC=Cc1cc(F)cc(C)c1N. The summed E-state index contributed by atoms with van der Waals surface area (Å²) in [7, 11) is 0. The van der Waals surface area contributed by atoms with Crippen LogP contribution >= 0.6 is 0 Å². The van der Waals surface area contributed by atoms with E-state index >= 15 is 0 Å². The van der Waals surface area contributed by atoms with Crippen molar-refractivity contribution in [2.24, 2.45) is 0 Å². The molecule has 17 heavy (non-hydrogen) atoms. The fourth-order valence-electron chi connectivity index (χ4n) is 1.42. The minimum atomic E-state index is -0.340. The van der Waals surface area contributed by atoms with Crippen LogP contribution in [0, 0.1) is 12.7 Å². The van der Waals surface area contributed by atoms with Crippen molar-refractivity contribution in [3.8, 4) is 0 Å². The molecule has 0 aliphatic heterocycles. The van der Waals surface area contributed by atoms with E-state index in [4.69, 9.17) is 10.5 Å². The number of aryl methyl sites for hydroxylation is 1. The lowest BCUT2D eigenvalue weighted by atomic mass is 10.1. The maximum Gasteiger partial charge on any atom is 0.309 e. The lowest BCUT2D eigenvalue weighted by molar-refractivity contribution is -0.142. The number of benzene rings is 1. The van der Waals surface area contributed by atoms with E-state index in [1.807, 2.05) is 0 Å². The molecule has 1 rings (SSSR count). The second kappa shape index (κ2) is 6.03. The third kappa shape index (κ3) is 3.90. The van der Waals surface area contributed by atoms with Crippen molar-refractivity contribution < 1.29 is 13.9 Å². The summed E-state index contributed by atoms with van der Waals surface area (Å²) in [6.07, 6.45) is 3.40. The van der Waals surface area contributed by atoms with Gasteiger partial charge in [-0.05, 0) is 31.5 Å². The normalized spacial score (nSPS) is 10.8. The Bertz CT molecular complexity index is 441. The molecule has 0 amide bonds. The summed E-state index contributed by atoms with van der Waals surface area (Å²) in [4.78, 5) is 11.1. The summed E-state index contributed by atoms with van der Waals surface area (Å²) in [5, 5.41) is 0. The Kier molecular flexibility index (Phi) is 4.69. The van der Waals surface area contributed by atoms with Gasteiger partial charge in [0, 0.05) is 11.3 Å². The van der Waals surface area contributed by atoms with E-state index in [1.165, 1.54) is 12.1 Å². The third-order valence-electron chi connectivity index (χ3n) is 2.27. The van der Waals surface area contributed by atoms with Crippen molar-refractivity contribution in [3.63, 3.8) is 0 Å². The number of nitrogens with two attached hydrogens (primary N) is 1. The number of nitrogen functional groups attached to an aromatic ring is 1. The second-order valence-corrected chi connectivity index (χ2v) is 3.64. The van der Waals surface area contributed by atoms with Crippen LogP contribution in [0.5, 0.6) is 0 Å². The number of hydrogen-bond donors (Lipinski definition) is 1. The van der Waals surface area contributed by atoms with E-state index in [9.17, 15) is 9.18 Å². The molecular weight excluding hydrogens is 221 g/mol. The fourth-order valence-corrected chi connectivity index (χ4v) is 1.42. The standard InChI is InChI=1S/C13H16FNO2/c1-3-17-12(16)6-4-5-10-8-11(14)7-9(2)13(10)15/h4-5,7-8H,3,6,15H2,1-2H3. The number of carbonyl (C=O) groups excluding carboxylic acids is 1. The average Bonchev–Trinajstić information content (AvgIpc) is 2.25. The number of rotatable bonds is 4. The van der Waals surface area contributed by atoms with Crippen molar-refractivity contribution in [1.82, 2.24) is 0 Å². The molecule has 1 aromatic rings. The van der Waals surface area contributed by atoms with Gasteiger partial charge in [-0.25, -0.2) is 4.39 Å². The molecular formula is C13H16FNO2. The van der Waals surface area contributed by atoms with E-state index in [-0.39, 0.29) is 18.2 Å². The molecule has 92 valence electrons. The van der Waals surface area contributed by atoms with Crippen molar-refractivity contribution in [3.05, 3.63) is 35.2 Å². The third-order valence-corrected chi connectivity index (χ3v) is 2.27. The lowest BCUT2D eigenvalue weighted by Gasteiger charge is -2.04. The quantitative estimate of drug-likeness (QED) is 0.647. The summed E-state index contributed by atoms with van der Waals surface area (Å²) in [5.41, 5.74) is 7.57. The van der Waals surface area contributed by atoms with Gasteiger partial charge in [0.15, 0.2) is 0 Å². The lowest BCUT2D eigenvalue weighted by Crippen LogP contribution is -2.01. The molecule has 2 N–H and O–H groups in total. The summed E-state index contributed by atoms with van der Waals surface area (Å²) in [5.74, 6) is -0.650. The predicted molar refractivity (Wildman–Crippen MR) is 65.8 cm³/mol. The zero-order valence-electron chi connectivity index (χ0n) is 10.00. The summed E-state index contributed by atoms with van der Waals surface area (Å²) in [6, 6.07) is 2.71. The van der Waals surface area contributed by atoms with Crippen LogP contribution in [0.2, 0.25) is 0 Å². The zero-order chi connectivity index (χ0) is 12.8. The minimum Gasteiger partial charge on any atom is -0.466 e. The van der Waals surface area contributed by atoms with Crippen LogP contribution in [0.3, 0.4) is 0 Å². The predicted octanol–water partition coefficient (Wildman–Crippen LogP) is 2.68. The maximum atomic E-state index is 13.1. The Morgan fingerprint density at radius 1 is 1.53 bits per heavy atom. The first kappa shape index (κ1) is 13.2. The van der Waals surface area contributed by atoms with Gasteiger partial charge in [0.1, 0.15) is 5.82 Å². The highest BCUT2D eigenvalue weighted by molar-refractivity contribution is 5.74. The number of anilines is 1. The van der Waals surface area contributed by atoms with Gasteiger partial charge in [-0.2, -0.15) is 0 Å². The van der Waals surface area contributed by atoms with Crippen LogP contribution in [0.4, 0.5) is 10.1 Å². The second-order valence-electron chi connectivity index (χ2n) is 3.64. The van der Waals surface area contributed by atoms with Gasteiger partial charge in [-0.3, -0.25) is 4.79 Å². The first-order chi connectivity index (χ1) is 8.04. The molecule has 0 aliphatic carbocycles. The first-order valence-electron chi connectivity index (χ1n) is 5.42. The van der Waals surface area contributed by atoms with Crippen LogP contribution in [0.15, 0.2) is 18.2 Å². The monoisotopic (exact) mass is 237 g/mol. The van der Waals surface area contributed by atoms with E-state index in [1.54, 1.807) is 26.0 Å². The van der Waals surface area contributed by atoms with Crippen molar-refractivity contribution in [1.29, 1.82) is 0 Å².